The van der Waals surface area contributed by atoms with Gasteiger partial charge in [-0.3, -0.25) is 0 Å². The molecule has 0 saturated heterocycles. The molecule has 0 aliphatic heterocycles. The molecule has 0 spiro atoms. The average Bonchev–Trinajstić information content (AvgIpc) is 2.71. The Balaban J connectivity index is 2.15. The second kappa shape index (κ2) is 4.45. The fourth-order valence-corrected chi connectivity index (χ4v) is 1.74. The second-order valence-electron chi connectivity index (χ2n) is 3.23. The molecule has 0 saturated carbocycles. The molecule has 1 unspecified atom stereocenters. The van der Waals surface area contributed by atoms with Gasteiger partial charge in [-0.2, -0.15) is 0 Å². The standard InChI is InChI=1S/C11H10ClFN2/c12-9(7-11-14-5-6-15-11)8-3-1-2-4-10(8)13/h1-6,9H,7H2,(H,14,15). The molecule has 1 N–H and O–H groups in total. The molecule has 1 atom stereocenters. The van der Waals surface area contributed by atoms with Crippen LogP contribution in [0.3, 0.4) is 0 Å². The van der Waals surface area contributed by atoms with E-state index in [1.165, 1.54) is 6.07 Å². The summed E-state index contributed by atoms with van der Waals surface area (Å²) in [5.41, 5.74) is 0.510. The van der Waals surface area contributed by atoms with E-state index in [2.05, 4.69) is 9.97 Å². The minimum absolute atomic E-state index is 0.274. The van der Waals surface area contributed by atoms with Gasteiger partial charge in [-0.05, 0) is 6.07 Å². The molecule has 2 nitrogen and oxygen atoms in total. The Kier molecular flexibility index (Phi) is 3.02. The third-order valence-electron chi connectivity index (χ3n) is 2.17. The molecule has 0 amide bonds. The van der Waals surface area contributed by atoms with Gasteiger partial charge in [-0.15, -0.1) is 11.6 Å². The van der Waals surface area contributed by atoms with Gasteiger partial charge in [0.2, 0.25) is 0 Å². The summed E-state index contributed by atoms with van der Waals surface area (Å²) in [6.07, 6.45) is 3.87. The normalized spacial score (nSPS) is 12.7. The molecule has 1 aromatic heterocycles. The maximum atomic E-state index is 13.4. The number of alkyl halides is 1. The van der Waals surface area contributed by atoms with E-state index in [1.54, 1.807) is 30.6 Å². The maximum Gasteiger partial charge on any atom is 0.127 e. The number of nitrogens with zero attached hydrogens (tertiary/aromatic N) is 1. The third-order valence-corrected chi connectivity index (χ3v) is 2.56. The molecule has 0 radical (unpaired) electrons. The largest absolute Gasteiger partial charge is 0.349 e. The van der Waals surface area contributed by atoms with Crippen LogP contribution in [0.25, 0.3) is 0 Å². The lowest BCUT2D eigenvalue weighted by molar-refractivity contribution is 0.604. The third kappa shape index (κ3) is 2.36. The van der Waals surface area contributed by atoms with Crippen LogP contribution < -0.4 is 0 Å². The van der Waals surface area contributed by atoms with Crippen molar-refractivity contribution in [1.82, 2.24) is 9.97 Å². The van der Waals surface area contributed by atoms with Crippen molar-refractivity contribution >= 4 is 11.6 Å². The van der Waals surface area contributed by atoms with E-state index in [-0.39, 0.29) is 5.82 Å². The summed E-state index contributed by atoms with van der Waals surface area (Å²) in [7, 11) is 0. The van der Waals surface area contributed by atoms with Crippen molar-refractivity contribution in [3.8, 4) is 0 Å². The Labute approximate surface area is 92.1 Å². The van der Waals surface area contributed by atoms with Crippen molar-refractivity contribution in [3.63, 3.8) is 0 Å². The highest BCUT2D eigenvalue weighted by atomic mass is 35.5. The van der Waals surface area contributed by atoms with Crippen LogP contribution >= 0.6 is 11.6 Å². The van der Waals surface area contributed by atoms with E-state index in [1.807, 2.05) is 0 Å². The molecule has 0 aliphatic carbocycles. The van der Waals surface area contributed by atoms with Crippen LogP contribution in [0, 0.1) is 5.82 Å². The highest BCUT2D eigenvalue weighted by molar-refractivity contribution is 6.20. The van der Waals surface area contributed by atoms with Crippen LogP contribution in [0.1, 0.15) is 16.8 Å². The van der Waals surface area contributed by atoms with Gasteiger partial charge in [0.05, 0.1) is 5.38 Å². The van der Waals surface area contributed by atoms with Crippen LogP contribution in [0.4, 0.5) is 4.39 Å². The van der Waals surface area contributed by atoms with Gasteiger partial charge >= 0.3 is 0 Å². The fourth-order valence-electron chi connectivity index (χ4n) is 1.42. The molecule has 78 valence electrons. The number of aromatic nitrogens is 2. The zero-order chi connectivity index (χ0) is 10.7. The van der Waals surface area contributed by atoms with Gasteiger partial charge < -0.3 is 4.98 Å². The molecule has 0 fully saturated rings. The molecular weight excluding hydrogens is 215 g/mol. The summed E-state index contributed by atoms with van der Waals surface area (Å²) in [5.74, 6) is 0.488. The number of rotatable bonds is 3. The highest BCUT2D eigenvalue weighted by Crippen LogP contribution is 2.25. The van der Waals surface area contributed by atoms with Gasteiger partial charge in [0.15, 0.2) is 0 Å². The first-order valence-corrected chi connectivity index (χ1v) is 5.08. The lowest BCUT2D eigenvalue weighted by atomic mass is 10.1. The number of halogens is 2. The van der Waals surface area contributed by atoms with E-state index >= 15 is 0 Å². The van der Waals surface area contributed by atoms with Crippen molar-refractivity contribution in [2.24, 2.45) is 0 Å². The van der Waals surface area contributed by atoms with Crippen LogP contribution in [0.15, 0.2) is 36.7 Å². The number of nitrogens with one attached hydrogen (secondary N) is 1. The second-order valence-corrected chi connectivity index (χ2v) is 3.76. The summed E-state index contributed by atoms with van der Waals surface area (Å²) < 4.78 is 13.4. The van der Waals surface area contributed by atoms with Gasteiger partial charge in [0.25, 0.3) is 0 Å². The van der Waals surface area contributed by atoms with Crippen LogP contribution in [-0.2, 0) is 6.42 Å². The van der Waals surface area contributed by atoms with Gasteiger partial charge in [0, 0.05) is 24.4 Å². The molecule has 1 heterocycles. The van der Waals surface area contributed by atoms with Crippen LogP contribution in [-0.4, -0.2) is 9.97 Å². The lowest BCUT2D eigenvalue weighted by Crippen LogP contribution is -2.00. The quantitative estimate of drug-likeness (QED) is 0.798. The predicted octanol–water partition coefficient (Wildman–Crippen LogP) is 3.07. The predicted molar refractivity (Wildman–Crippen MR) is 57.3 cm³/mol. The van der Waals surface area contributed by atoms with Crippen molar-refractivity contribution in [1.29, 1.82) is 0 Å². The summed E-state index contributed by atoms with van der Waals surface area (Å²) >= 11 is 6.10. The molecule has 2 rings (SSSR count). The van der Waals surface area contributed by atoms with E-state index in [0.717, 1.165) is 5.82 Å². The molecule has 1 aromatic carbocycles. The van der Waals surface area contributed by atoms with Crippen molar-refractivity contribution < 1.29 is 4.39 Å². The number of H-pyrrole nitrogens is 1. The first-order valence-electron chi connectivity index (χ1n) is 4.64. The summed E-state index contributed by atoms with van der Waals surface area (Å²) in [5, 5.41) is -0.391. The van der Waals surface area contributed by atoms with E-state index in [4.69, 9.17) is 11.6 Å². The smallest absolute Gasteiger partial charge is 0.127 e. The first kappa shape index (κ1) is 10.2. The Morgan fingerprint density at radius 1 is 1.40 bits per heavy atom. The topological polar surface area (TPSA) is 28.7 Å². The Bertz CT molecular complexity index is 428. The Hall–Kier alpha value is -1.35. The van der Waals surface area contributed by atoms with Crippen LogP contribution in [0.2, 0.25) is 0 Å². The Morgan fingerprint density at radius 3 is 2.87 bits per heavy atom. The van der Waals surface area contributed by atoms with E-state index < -0.39 is 5.38 Å². The van der Waals surface area contributed by atoms with Gasteiger partial charge in [0.1, 0.15) is 11.6 Å². The minimum atomic E-state index is -0.391. The fraction of sp³-hybridized carbons (Fsp3) is 0.182. The van der Waals surface area contributed by atoms with E-state index in [0.29, 0.717) is 12.0 Å². The summed E-state index contributed by atoms with van der Waals surface area (Å²) in [6, 6.07) is 6.52. The summed E-state index contributed by atoms with van der Waals surface area (Å²) in [6.45, 7) is 0. The monoisotopic (exact) mass is 224 g/mol. The van der Waals surface area contributed by atoms with Crippen molar-refractivity contribution in [2.75, 3.05) is 0 Å². The summed E-state index contributed by atoms with van der Waals surface area (Å²) in [4.78, 5) is 6.99. The van der Waals surface area contributed by atoms with Gasteiger partial charge in [-0.25, -0.2) is 9.37 Å². The minimum Gasteiger partial charge on any atom is -0.349 e. The number of aromatic amines is 1. The Morgan fingerprint density at radius 2 is 2.20 bits per heavy atom. The number of imidazole rings is 1. The van der Waals surface area contributed by atoms with Crippen molar-refractivity contribution in [3.05, 3.63) is 53.9 Å². The number of hydrogen-bond donors (Lipinski definition) is 1. The van der Waals surface area contributed by atoms with Gasteiger partial charge in [-0.1, -0.05) is 18.2 Å². The number of benzene rings is 1. The zero-order valence-corrected chi connectivity index (χ0v) is 8.71. The molecule has 4 heteroatoms. The van der Waals surface area contributed by atoms with E-state index in [9.17, 15) is 4.39 Å². The lowest BCUT2D eigenvalue weighted by Gasteiger charge is -2.08. The molecule has 2 aromatic rings. The first-order chi connectivity index (χ1) is 7.27. The zero-order valence-electron chi connectivity index (χ0n) is 7.95. The molecule has 15 heavy (non-hydrogen) atoms. The van der Waals surface area contributed by atoms with Crippen LogP contribution in [0.5, 0.6) is 0 Å². The average molecular weight is 225 g/mol. The molecule has 0 bridgehead atoms. The SMILES string of the molecule is Fc1ccccc1C(Cl)Cc1ncc[nH]1. The molecule has 0 aliphatic rings. The van der Waals surface area contributed by atoms with Crippen molar-refractivity contribution in [2.45, 2.75) is 11.8 Å². The highest BCUT2D eigenvalue weighted by Gasteiger charge is 2.13. The molecular formula is C11H10ClFN2. The number of hydrogen-bond acceptors (Lipinski definition) is 1. The maximum absolute atomic E-state index is 13.4.